The molecule has 0 unspecified atom stereocenters. The van der Waals surface area contributed by atoms with E-state index in [1.807, 2.05) is 42.3 Å². The molecule has 1 heterocycles. The summed E-state index contributed by atoms with van der Waals surface area (Å²) in [5.74, 6) is 2.12. The number of nitrogens with zero attached hydrogens (tertiary/aromatic N) is 1. The van der Waals surface area contributed by atoms with Crippen molar-refractivity contribution in [3.05, 3.63) is 53.1 Å². The van der Waals surface area contributed by atoms with Crippen LogP contribution in [-0.4, -0.2) is 44.3 Å². The number of nitrogens with one attached hydrogen (secondary N) is 1. The van der Waals surface area contributed by atoms with Gasteiger partial charge in [-0.05, 0) is 42.9 Å². The fourth-order valence-corrected chi connectivity index (χ4v) is 2.69. The van der Waals surface area contributed by atoms with Crippen LogP contribution in [0.15, 0.2) is 42.5 Å². The first-order valence-electron chi connectivity index (χ1n) is 8.32. The van der Waals surface area contributed by atoms with Crippen LogP contribution >= 0.6 is 11.6 Å². The van der Waals surface area contributed by atoms with Crippen LogP contribution in [-0.2, 0) is 11.3 Å². The molecular weight excluding hydrogens is 356 g/mol. The second-order valence-corrected chi connectivity index (χ2v) is 6.44. The van der Waals surface area contributed by atoms with Gasteiger partial charge in [0.15, 0.2) is 11.5 Å². The monoisotopic (exact) mass is 376 g/mol. The van der Waals surface area contributed by atoms with Gasteiger partial charge in [0.25, 0.3) is 0 Å². The summed E-state index contributed by atoms with van der Waals surface area (Å²) >= 11 is 5.91. The molecule has 2 aromatic carbocycles. The van der Waals surface area contributed by atoms with E-state index in [4.69, 9.17) is 25.8 Å². The number of fused-ring (bicyclic) bond motifs is 1. The van der Waals surface area contributed by atoms with Crippen LogP contribution in [0.5, 0.6) is 17.2 Å². The van der Waals surface area contributed by atoms with E-state index in [0.717, 1.165) is 17.1 Å². The zero-order valence-corrected chi connectivity index (χ0v) is 15.3. The summed E-state index contributed by atoms with van der Waals surface area (Å²) in [5, 5.41) is 3.54. The first-order valence-corrected chi connectivity index (χ1v) is 8.70. The highest BCUT2D eigenvalue weighted by Gasteiger charge is 2.13. The minimum Gasteiger partial charge on any atom is -0.492 e. The van der Waals surface area contributed by atoms with E-state index >= 15 is 0 Å². The van der Waals surface area contributed by atoms with Crippen molar-refractivity contribution in [1.29, 1.82) is 0 Å². The molecule has 1 amide bonds. The zero-order valence-electron chi connectivity index (χ0n) is 14.5. The summed E-state index contributed by atoms with van der Waals surface area (Å²) in [4.78, 5) is 14.0. The molecule has 3 rings (SSSR count). The van der Waals surface area contributed by atoms with Crippen LogP contribution in [0, 0.1) is 0 Å². The number of halogens is 1. The van der Waals surface area contributed by atoms with Crippen molar-refractivity contribution in [3.8, 4) is 17.2 Å². The number of carbonyl (C=O) groups excluding carboxylic acids is 1. The van der Waals surface area contributed by atoms with Gasteiger partial charge in [0.2, 0.25) is 12.7 Å². The third-order valence-corrected chi connectivity index (χ3v) is 4.11. The van der Waals surface area contributed by atoms with Gasteiger partial charge in [-0.3, -0.25) is 9.69 Å². The first kappa shape index (κ1) is 18.4. The Morgan fingerprint density at radius 1 is 1.23 bits per heavy atom. The molecular formula is C19H21ClN2O4. The standard InChI is InChI=1S/C19H21ClN2O4/c1-22(7-8-24-16-4-2-3-15(20)10-16)12-19(23)21-11-14-5-6-17-18(9-14)26-13-25-17/h2-6,9-10H,7-8,11-13H2,1H3,(H,21,23). The lowest BCUT2D eigenvalue weighted by molar-refractivity contribution is -0.122. The average molecular weight is 377 g/mol. The molecule has 1 N–H and O–H groups in total. The Labute approximate surface area is 157 Å². The smallest absolute Gasteiger partial charge is 0.234 e. The van der Waals surface area contributed by atoms with Gasteiger partial charge < -0.3 is 19.5 Å². The normalized spacial score (nSPS) is 12.3. The minimum atomic E-state index is -0.0482. The van der Waals surface area contributed by atoms with Crippen LogP contribution in [0.3, 0.4) is 0 Å². The highest BCUT2D eigenvalue weighted by atomic mass is 35.5. The number of amides is 1. The fraction of sp³-hybridized carbons (Fsp3) is 0.316. The van der Waals surface area contributed by atoms with Gasteiger partial charge in [0.05, 0.1) is 6.54 Å². The number of hydrogen-bond donors (Lipinski definition) is 1. The number of ether oxygens (including phenoxy) is 3. The first-order chi connectivity index (χ1) is 12.6. The minimum absolute atomic E-state index is 0.0482. The molecule has 1 aliphatic rings. The Kier molecular flexibility index (Phi) is 6.20. The van der Waals surface area contributed by atoms with Gasteiger partial charge in [-0.15, -0.1) is 0 Å². The fourth-order valence-electron chi connectivity index (χ4n) is 2.51. The largest absolute Gasteiger partial charge is 0.492 e. The summed E-state index contributed by atoms with van der Waals surface area (Å²) < 4.78 is 16.2. The highest BCUT2D eigenvalue weighted by molar-refractivity contribution is 6.30. The molecule has 0 aliphatic carbocycles. The third kappa shape index (κ3) is 5.28. The Morgan fingerprint density at radius 3 is 2.92 bits per heavy atom. The van der Waals surface area contributed by atoms with Crippen LogP contribution < -0.4 is 19.5 Å². The Morgan fingerprint density at radius 2 is 2.08 bits per heavy atom. The highest BCUT2D eigenvalue weighted by Crippen LogP contribution is 2.32. The van der Waals surface area contributed by atoms with Gasteiger partial charge >= 0.3 is 0 Å². The van der Waals surface area contributed by atoms with Crippen LogP contribution in [0.4, 0.5) is 0 Å². The molecule has 0 fully saturated rings. The van der Waals surface area contributed by atoms with Crippen molar-refractivity contribution in [2.24, 2.45) is 0 Å². The number of carbonyl (C=O) groups is 1. The van der Waals surface area contributed by atoms with Gasteiger partial charge in [-0.2, -0.15) is 0 Å². The number of benzene rings is 2. The van der Waals surface area contributed by atoms with Crippen molar-refractivity contribution in [1.82, 2.24) is 10.2 Å². The summed E-state index contributed by atoms with van der Waals surface area (Å²) in [7, 11) is 1.88. The van der Waals surface area contributed by atoms with Crippen molar-refractivity contribution >= 4 is 17.5 Å². The molecule has 0 radical (unpaired) electrons. The van der Waals surface area contributed by atoms with Crippen molar-refractivity contribution in [2.45, 2.75) is 6.54 Å². The second-order valence-electron chi connectivity index (χ2n) is 6.01. The zero-order chi connectivity index (χ0) is 18.4. The molecule has 6 nitrogen and oxygen atoms in total. The van der Waals surface area contributed by atoms with Gasteiger partial charge in [0.1, 0.15) is 12.4 Å². The molecule has 1 aliphatic heterocycles. The van der Waals surface area contributed by atoms with E-state index in [2.05, 4.69) is 5.32 Å². The lowest BCUT2D eigenvalue weighted by atomic mass is 10.2. The number of rotatable bonds is 8. The summed E-state index contributed by atoms with van der Waals surface area (Å²) in [6, 6.07) is 12.9. The van der Waals surface area contributed by atoms with E-state index in [0.29, 0.717) is 37.0 Å². The van der Waals surface area contributed by atoms with Crippen molar-refractivity contribution in [2.75, 3.05) is 33.5 Å². The summed E-state index contributed by atoms with van der Waals surface area (Å²) in [5.41, 5.74) is 0.967. The Bertz CT molecular complexity index is 769. The van der Waals surface area contributed by atoms with E-state index in [1.54, 1.807) is 12.1 Å². The van der Waals surface area contributed by atoms with Crippen LogP contribution in [0.25, 0.3) is 0 Å². The lowest BCUT2D eigenvalue weighted by Crippen LogP contribution is -2.36. The maximum Gasteiger partial charge on any atom is 0.234 e. The molecule has 0 saturated heterocycles. The molecule has 7 heteroatoms. The lowest BCUT2D eigenvalue weighted by Gasteiger charge is -2.16. The molecule has 0 atom stereocenters. The molecule has 0 spiro atoms. The summed E-state index contributed by atoms with van der Waals surface area (Å²) in [6.07, 6.45) is 0. The van der Waals surface area contributed by atoms with Crippen LogP contribution in [0.2, 0.25) is 5.02 Å². The molecule has 0 bridgehead atoms. The Balaban J connectivity index is 1.36. The number of likely N-dealkylation sites (N-methyl/N-ethyl adjacent to an activating group) is 1. The SMILES string of the molecule is CN(CCOc1cccc(Cl)c1)CC(=O)NCc1ccc2c(c1)OCO2. The van der Waals surface area contributed by atoms with E-state index in [9.17, 15) is 4.79 Å². The summed E-state index contributed by atoms with van der Waals surface area (Å²) in [6.45, 7) is 2.09. The van der Waals surface area contributed by atoms with Crippen molar-refractivity contribution < 1.29 is 19.0 Å². The topological polar surface area (TPSA) is 60.0 Å². The molecule has 138 valence electrons. The van der Waals surface area contributed by atoms with Gasteiger partial charge in [-0.25, -0.2) is 0 Å². The third-order valence-electron chi connectivity index (χ3n) is 3.88. The second kappa shape index (κ2) is 8.78. The predicted molar refractivity (Wildman–Crippen MR) is 98.9 cm³/mol. The molecule has 0 aromatic heterocycles. The maximum atomic E-state index is 12.1. The maximum absolute atomic E-state index is 12.1. The predicted octanol–water partition coefficient (Wildman–Crippen LogP) is 2.70. The van der Waals surface area contributed by atoms with E-state index in [1.165, 1.54) is 0 Å². The quantitative estimate of drug-likeness (QED) is 0.767. The molecule has 2 aromatic rings. The average Bonchev–Trinajstić information content (AvgIpc) is 3.08. The molecule has 0 saturated carbocycles. The number of hydrogen-bond acceptors (Lipinski definition) is 5. The van der Waals surface area contributed by atoms with E-state index in [-0.39, 0.29) is 12.7 Å². The van der Waals surface area contributed by atoms with Crippen LogP contribution in [0.1, 0.15) is 5.56 Å². The van der Waals surface area contributed by atoms with Crippen molar-refractivity contribution in [3.63, 3.8) is 0 Å². The Hall–Kier alpha value is -2.44. The van der Waals surface area contributed by atoms with Gasteiger partial charge in [-0.1, -0.05) is 23.7 Å². The van der Waals surface area contributed by atoms with Gasteiger partial charge in [0, 0.05) is 18.1 Å². The molecule has 26 heavy (non-hydrogen) atoms. The van der Waals surface area contributed by atoms with E-state index < -0.39 is 0 Å².